The molecule has 150 valence electrons. The number of carbonyl (C=O) groups is 1. The van der Waals surface area contributed by atoms with Crippen LogP contribution in [-0.4, -0.2) is 50.1 Å². The maximum atomic E-state index is 13.4. The van der Waals surface area contributed by atoms with Crippen LogP contribution in [0.15, 0.2) is 51.4 Å². The minimum absolute atomic E-state index is 0.219. The molecule has 2 heterocycles. The highest BCUT2D eigenvalue weighted by Gasteiger charge is 2.25. The number of benzene rings is 2. The third-order valence-electron chi connectivity index (χ3n) is 4.52. The summed E-state index contributed by atoms with van der Waals surface area (Å²) in [6, 6.07) is 13.3. The number of hydrogen-bond donors (Lipinski definition) is 0. The van der Waals surface area contributed by atoms with Crippen molar-refractivity contribution in [2.75, 3.05) is 39.2 Å². The second kappa shape index (κ2) is 8.14. The number of halogens is 1. The van der Waals surface area contributed by atoms with E-state index in [9.17, 15) is 4.79 Å². The molecule has 0 radical (unpaired) electrons. The molecule has 4 aromatic rings. The number of methoxy groups -OCH3 is 1. The Balaban J connectivity index is 1.75. The highest BCUT2D eigenvalue weighted by molar-refractivity contribution is 9.10. The Kier molecular flexibility index (Phi) is 5.58. The van der Waals surface area contributed by atoms with Crippen molar-refractivity contribution in [3.05, 3.63) is 52.7 Å². The fraction of sp³-hybridized carbons (Fsp3) is 0.238. The summed E-state index contributed by atoms with van der Waals surface area (Å²) in [6.45, 7) is 1.20. The van der Waals surface area contributed by atoms with Crippen LogP contribution >= 0.6 is 27.3 Å². The zero-order valence-corrected chi connectivity index (χ0v) is 18.7. The van der Waals surface area contributed by atoms with Crippen molar-refractivity contribution in [2.24, 2.45) is 0 Å². The molecule has 0 aliphatic rings. The average Bonchev–Trinajstić information content (AvgIpc) is 3.31. The summed E-state index contributed by atoms with van der Waals surface area (Å²) < 4.78 is 13.2. The van der Waals surface area contributed by atoms with Gasteiger partial charge in [0.15, 0.2) is 22.2 Å². The molecule has 0 N–H and O–H groups in total. The monoisotopic (exact) mass is 473 g/mol. The fourth-order valence-electron chi connectivity index (χ4n) is 3.02. The molecule has 2 aromatic carbocycles. The summed E-state index contributed by atoms with van der Waals surface area (Å²) in [5, 5.41) is 1.48. The van der Waals surface area contributed by atoms with Gasteiger partial charge in [0.1, 0.15) is 0 Å². The fourth-order valence-corrected chi connectivity index (χ4v) is 4.56. The van der Waals surface area contributed by atoms with Gasteiger partial charge < -0.3 is 14.1 Å². The van der Waals surface area contributed by atoms with E-state index in [0.29, 0.717) is 29.6 Å². The van der Waals surface area contributed by atoms with E-state index in [1.54, 1.807) is 18.1 Å². The lowest BCUT2D eigenvalue weighted by molar-refractivity contribution is 0.0960. The van der Waals surface area contributed by atoms with E-state index in [0.717, 1.165) is 20.1 Å². The van der Waals surface area contributed by atoms with E-state index in [-0.39, 0.29) is 11.7 Å². The van der Waals surface area contributed by atoms with Crippen LogP contribution in [0.2, 0.25) is 0 Å². The predicted octanol–water partition coefficient (Wildman–Crippen LogP) is 5.02. The van der Waals surface area contributed by atoms with E-state index in [1.807, 2.05) is 55.4 Å². The third kappa shape index (κ3) is 4.01. The molecule has 8 heteroatoms. The molecule has 0 atom stereocenters. The number of carbonyl (C=O) groups excluding carboxylic acids is 1. The molecule has 2 aromatic heterocycles. The lowest BCUT2D eigenvalue weighted by atomic mass is 10.2. The van der Waals surface area contributed by atoms with Gasteiger partial charge in [-0.2, -0.15) is 0 Å². The number of furan rings is 1. The van der Waals surface area contributed by atoms with Crippen molar-refractivity contribution in [1.82, 2.24) is 9.88 Å². The number of para-hydroxylation sites is 1. The van der Waals surface area contributed by atoms with Crippen LogP contribution in [0.4, 0.5) is 5.13 Å². The molecular weight excluding hydrogens is 454 g/mol. The van der Waals surface area contributed by atoms with Crippen LogP contribution < -0.4 is 9.64 Å². The number of thiazole rings is 1. The summed E-state index contributed by atoms with van der Waals surface area (Å²) in [6.07, 6.45) is 0. The molecule has 0 unspecified atom stereocenters. The lowest BCUT2D eigenvalue weighted by Gasteiger charge is -2.20. The van der Waals surface area contributed by atoms with Crippen LogP contribution in [0.5, 0.6) is 5.75 Å². The van der Waals surface area contributed by atoms with Crippen LogP contribution in [0.25, 0.3) is 21.2 Å². The molecule has 1 amide bonds. The molecule has 0 aliphatic heterocycles. The molecule has 4 rings (SSSR count). The molecule has 0 bridgehead atoms. The van der Waals surface area contributed by atoms with E-state index in [4.69, 9.17) is 9.15 Å². The Morgan fingerprint density at radius 1 is 1.21 bits per heavy atom. The van der Waals surface area contributed by atoms with Crippen molar-refractivity contribution < 1.29 is 13.9 Å². The van der Waals surface area contributed by atoms with Gasteiger partial charge in [-0.05, 0) is 44.4 Å². The van der Waals surface area contributed by atoms with Gasteiger partial charge in [-0.15, -0.1) is 0 Å². The first-order chi connectivity index (χ1) is 14.0. The second-order valence-electron chi connectivity index (χ2n) is 6.86. The number of anilines is 1. The Morgan fingerprint density at radius 3 is 2.79 bits per heavy atom. The zero-order chi connectivity index (χ0) is 20.5. The smallest absolute Gasteiger partial charge is 0.295 e. The lowest BCUT2D eigenvalue weighted by Crippen LogP contribution is -2.36. The summed E-state index contributed by atoms with van der Waals surface area (Å²) in [5.74, 6) is 0.651. The summed E-state index contributed by atoms with van der Waals surface area (Å²) >= 11 is 4.98. The molecule has 0 saturated heterocycles. The largest absolute Gasteiger partial charge is 0.493 e. The van der Waals surface area contributed by atoms with Crippen LogP contribution in [-0.2, 0) is 0 Å². The molecule has 6 nitrogen and oxygen atoms in total. The number of fused-ring (bicyclic) bond motifs is 2. The first kappa shape index (κ1) is 19.9. The third-order valence-corrected chi connectivity index (χ3v) is 6.06. The standard InChI is InChI=1S/C21H20BrN3O3S/c1-24(2)9-10-25(21-23-15-8-7-14(22)12-18(15)29-21)20(26)17-11-13-5-4-6-16(27-3)19(13)28-17/h4-8,11-12H,9-10H2,1-3H3. The normalized spacial score (nSPS) is 11.5. The van der Waals surface area contributed by atoms with Crippen molar-refractivity contribution in [2.45, 2.75) is 0 Å². The quantitative estimate of drug-likeness (QED) is 0.393. The van der Waals surface area contributed by atoms with Crippen molar-refractivity contribution in [3.63, 3.8) is 0 Å². The van der Waals surface area contributed by atoms with Gasteiger partial charge in [0.05, 0.1) is 17.3 Å². The molecule has 29 heavy (non-hydrogen) atoms. The summed E-state index contributed by atoms with van der Waals surface area (Å²) in [7, 11) is 5.54. The van der Waals surface area contributed by atoms with Gasteiger partial charge in [-0.3, -0.25) is 9.69 Å². The molecule has 0 spiro atoms. The number of likely N-dealkylation sites (N-methyl/N-ethyl adjacent to an activating group) is 1. The highest BCUT2D eigenvalue weighted by Crippen LogP contribution is 2.33. The predicted molar refractivity (Wildman–Crippen MR) is 120 cm³/mol. The van der Waals surface area contributed by atoms with Gasteiger partial charge in [0.25, 0.3) is 5.91 Å². The molecule has 0 aliphatic carbocycles. The SMILES string of the molecule is COc1cccc2cc(C(=O)N(CCN(C)C)c3nc4ccc(Br)cc4s3)oc12. The maximum Gasteiger partial charge on any atom is 0.295 e. The maximum absolute atomic E-state index is 13.4. The number of ether oxygens (including phenoxy) is 1. The highest BCUT2D eigenvalue weighted by atomic mass is 79.9. The van der Waals surface area contributed by atoms with Gasteiger partial charge in [0.2, 0.25) is 0 Å². The Morgan fingerprint density at radius 2 is 2.03 bits per heavy atom. The Bertz CT molecular complexity index is 1180. The Labute approximate surface area is 180 Å². The van der Waals surface area contributed by atoms with Crippen LogP contribution in [0, 0.1) is 0 Å². The first-order valence-corrected chi connectivity index (χ1v) is 10.7. The minimum atomic E-state index is -0.219. The average molecular weight is 474 g/mol. The van der Waals surface area contributed by atoms with Crippen molar-refractivity contribution in [1.29, 1.82) is 0 Å². The zero-order valence-electron chi connectivity index (χ0n) is 16.3. The van der Waals surface area contributed by atoms with Gasteiger partial charge >= 0.3 is 0 Å². The number of rotatable bonds is 6. The van der Waals surface area contributed by atoms with E-state index < -0.39 is 0 Å². The first-order valence-electron chi connectivity index (χ1n) is 9.05. The summed E-state index contributed by atoms with van der Waals surface area (Å²) in [5.41, 5.74) is 1.43. The number of amides is 1. The van der Waals surface area contributed by atoms with E-state index in [2.05, 4.69) is 20.9 Å². The van der Waals surface area contributed by atoms with Crippen LogP contribution in [0.3, 0.4) is 0 Å². The number of aromatic nitrogens is 1. The second-order valence-corrected chi connectivity index (χ2v) is 8.78. The summed E-state index contributed by atoms with van der Waals surface area (Å²) in [4.78, 5) is 21.8. The van der Waals surface area contributed by atoms with Gasteiger partial charge in [-0.25, -0.2) is 4.98 Å². The Hall–Kier alpha value is -2.42. The van der Waals surface area contributed by atoms with Gasteiger partial charge in [-0.1, -0.05) is 39.4 Å². The van der Waals surface area contributed by atoms with E-state index >= 15 is 0 Å². The minimum Gasteiger partial charge on any atom is -0.493 e. The topological polar surface area (TPSA) is 58.8 Å². The van der Waals surface area contributed by atoms with Crippen LogP contribution in [0.1, 0.15) is 10.6 Å². The molecular formula is C21H20BrN3O3S. The van der Waals surface area contributed by atoms with Crippen molar-refractivity contribution >= 4 is 59.5 Å². The number of hydrogen-bond acceptors (Lipinski definition) is 6. The molecule has 0 fully saturated rings. The van der Waals surface area contributed by atoms with Crippen molar-refractivity contribution in [3.8, 4) is 5.75 Å². The van der Waals surface area contributed by atoms with Gasteiger partial charge in [0, 0.05) is 22.9 Å². The van der Waals surface area contributed by atoms with E-state index in [1.165, 1.54) is 11.3 Å². The number of nitrogens with zero attached hydrogens (tertiary/aromatic N) is 3. The molecule has 0 saturated carbocycles.